The minimum Gasteiger partial charge on any atom is -0.259 e. The topological polar surface area (TPSA) is 43.1 Å². The summed E-state index contributed by atoms with van der Waals surface area (Å²) in [5, 5.41) is 12.0. The lowest BCUT2D eigenvalue weighted by atomic mass is 9.61. The number of hydrogen-bond donors (Lipinski definition) is 0. The van der Waals surface area contributed by atoms with Crippen molar-refractivity contribution in [3.8, 4) is 0 Å². The standard InChI is InChI=1S/C23H25NO2/c1-4-23(19-11-7-5-8-12-19,20-13-9-6-10-14-20)21-16-17(2)15-18(3)22(21)24(25)26/h5-14,16,21H,4,15H2,1-3H3. The molecule has 0 aromatic heterocycles. The average Bonchev–Trinajstić information content (AvgIpc) is 2.64. The first-order chi connectivity index (χ1) is 12.5. The third kappa shape index (κ3) is 2.98. The predicted octanol–water partition coefficient (Wildman–Crippen LogP) is 5.90. The zero-order valence-corrected chi connectivity index (χ0v) is 15.6. The molecule has 3 heteroatoms. The molecule has 1 unspecified atom stereocenters. The van der Waals surface area contributed by atoms with Crippen LogP contribution in [0.3, 0.4) is 0 Å². The Morgan fingerprint density at radius 3 is 1.92 bits per heavy atom. The van der Waals surface area contributed by atoms with Crippen LogP contribution in [0.15, 0.2) is 83.6 Å². The van der Waals surface area contributed by atoms with Crippen LogP contribution in [-0.2, 0) is 5.41 Å². The second-order valence-electron chi connectivity index (χ2n) is 7.15. The van der Waals surface area contributed by atoms with Gasteiger partial charge in [-0.3, -0.25) is 10.1 Å². The van der Waals surface area contributed by atoms with Crippen LogP contribution in [-0.4, -0.2) is 4.92 Å². The van der Waals surface area contributed by atoms with Gasteiger partial charge in [-0.15, -0.1) is 0 Å². The molecule has 0 aliphatic heterocycles. The summed E-state index contributed by atoms with van der Waals surface area (Å²) in [6, 6.07) is 20.5. The molecule has 1 aliphatic rings. The van der Waals surface area contributed by atoms with Gasteiger partial charge >= 0.3 is 0 Å². The lowest BCUT2D eigenvalue weighted by Gasteiger charge is -2.40. The SMILES string of the molecule is CCC(c1ccccc1)(c1ccccc1)C1C=C(C)CC(C)=C1[N+](=O)[O-]. The fourth-order valence-corrected chi connectivity index (χ4v) is 4.47. The Labute approximate surface area is 155 Å². The molecule has 0 heterocycles. The monoisotopic (exact) mass is 347 g/mol. The van der Waals surface area contributed by atoms with Crippen LogP contribution in [0.5, 0.6) is 0 Å². The summed E-state index contributed by atoms with van der Waals surface area (Å²) in [7, 11) is 0. The summed E-state index contributed by atoms with van der Waals surface area (Å²) in [6.45, 7) is 6.10. The van der Waals surface area contributed by atoms with Gasteiger partial charge in [0.15, 0.2) is 0 Å². The molecule has 26 heavy (non-hydrogen) atoms. The van der Waals surface area contributed by atoms with Gasteiger partial charge in [-0.05, 0) is 37.8 Å². The molecule has 0 radical (unpaired) electrons. The van der Waals surface area contributed by atoms with Gasteiger partial charge in [0.05, 0.1) is 10.8 Å². The van der Waals surface area contributed by atoms with Crippen molar-refractivity contribution in [1.29, 1.82) is 0 Å². The molecule has 0 saturated carbocycles. The average molecular weight is 347 g/mol. The van der Waals surface area contributed by atoms with Gasteiger partial charge in [0.2, 0.25) is 0 Å². The first-order valence-corrected chi connectivity index (χ1v) is 9.13. The van der Waals surface area contributed by atoms with Gasteiger partial charge in [-0.1, -0.05) is 79.2 Å². The maximum atomic E-state index is 12.0. The van der Waals surface area contributed by atoms with E-state index in [0.29, 0.717) is 12.1 Å². The highest BCUT2D eigenvalue weighted by atomic mass is 16.6. The molecule has 1 aliphatic carbocycles. The highest BCUT2D eigenvalue weighted by Crippen LogP contribution is 2.49. The van der Waals surface area contributed by atoms with Gasteiger partial charge in [0.25, 0.3) is 5.70 Å². The van der Waals surface area contributed by atoms with Crippen molar-refractivity contribution in [2.45, 2.75) is 39.0 Å². The molecular weight excluding hydrogens is 322 g/mol. The molecule has 134 valence electrons. The number of nitrogens with zero attached hydrogens (tertiary/aromatic N) is 1. The number of hydrogen-bond acceptors (Lipinski definition) is 2. The minimum atomic E-state index is -0.464. The predicted molar refractivity (Wildman–Crippen MR) is 106 cm³/mol. The molecule has 0 bridgehead atoms. The van der Waals surface area contributed by atoms with Crippen molar-refractivity contribution in [3.05, 3.63) is 105 Å². The Bertz CT molecular complexity index is 811. The van der Waals surface area contributed by atoms with Gasteiger partial charge < -0.3 is 0 Å². The molecule has 0 spiro atoms. The van der Waals surface area contributed by atoms with Crippen molar-refractivity contribution < 1.29 is 4.92 Å². The minimum absolute atomic E-state index is 0.167. The van der Waals surface area contributed by atoms with E-state index in [4.69, 9.17) is 0 Å². The molecule has 2 aromatic rings. The molecule has 3 rings (SSSR count). The lowest BCUT2D eigenvalue weighted by molar-refractivity contribution is -0.435. The Balaban J connectivity index is 2.34. The molecule has 3 nitrogen and oxygen atoms in total. The zero-order valence-electron chi connectivity index (χ0n) is 15.6. The second-order valence-corrected chi connectivity index (χ2v) is 7.15. The van der Waals surface area contributed by atoms with Crippen molar-refractivity contribution in [1.82, 2.24) is 0 Å². The Morgan fingerprint density at radius 1 is 1.00 bits per heavy atom. The summed E-state index contributed by atoms with van der Waals surface area (Å²) in [6.07, 6.45) is 3.57. The van der Waals surface area contributed by atoms with Crippen molar-refractivity contribution in [2.75, 3.05) is 0 Å². The Kier molecular flexibility index (Phi) is 5.08. The van der Waals surface area contributed by atoms with Crippen LogP contribution in [0.25, 0.3) is 0 Å². The van der Waals surface area contributed by atoms with Crippen LogP contribution < -0.4 is 0 Å². The fourth-order valence-electron chi connectivity index (χ4n) is 4.47. The molecule has 2 aromatic carbocycles. The first-order valence-electron chi connectivity index (χ1n) is 9.13. The van der Waals surface area contributed by atoms with E-state index in [9.17, 15) is 10.1 Å². The number of rotatable bonds is 5. The highest BCUT2D eigenvalue weighted by Gasteiger charge is 2.47. The van der Waals surface area contributed by atoms with Gasteiger partial charge in [-0.25, -0.2) is 0 Å². The second kappa shape index (κ2) is 7.28. The van der Waals surface area contributed by atoms with Crippen LogP contribution in [0.1, 0.15) is 44.7 Å². The zero-order chi connectivity index (χ0) is 18.7. The van der Waals surface area contributed by atoms with Crippen molar-refractivity contribution >= 4 is 0 Å². The normalized spacial score (nSPS) is 17.8. The van der Waals surface area contributed by atoms with E-state index >= 15 is 0 Å². The summed E-state index contributed by atoms with van der Waals surface area (Å²) >= 11 is 0. The summed E-state index contributed by atoms with van der Waals surface area (Å²) in [4.78, 5) is 11.9. The molecule has 0 saturated heterocycles. The number of benzene rings is 2. The van der Waals surface area contributed by atoms with E-state index in [1.54, 1.807) is 0 Å². The third-order valence-corrected chi connectivity index (χ3v) is 5.59. The quantitative estimate of drug-likeness (QED) is 0.384. The van der Waals surface area contributed by atoms with Crippen LogP contribution in [0.2, 0.25) is 0 Å². The van der Waals surface area contributed by atoms with Crippen LogP contribution in [0.4, 0.5) is 0 Å². The maximum absolute atomic E-state index is 12.0. The van der Waals surface area contributed by atoms with E-state index in [-0.39, 0.29) is 10.8 Å². The highest BCUT2D eigenvalue weighted by molar-refractivity contribution is 5.46. The summed E-state index contributed by atoms with van der Waals surface area (Å²) in [5.74, 6) is -0.291. The smallest absolute Gasteiger partial charge is 0.253 e. The summed E-state index contributed by atoms with van der Waals surface area (Å²) < 4.78 is 0. The van der Waals surface area contributed by atoms with Crippen LogP contribution in [0, 0.1) is 16.0 Å². The lowest BCUT2D eigenvalue weighted by Crippen LogP contribution is -2.39. The molecule has 0 amide bonds. The van der Waals surface area contributed by atoms with Gasteiger partial charge in [0, 0.05) is 11.0 Å². The Hall–Kier alpha value is -2.68. The van der Waals surface area contributed by atoms with E-state index in [1.807, 2.05) is 43.3 Å². The largest absolute Gasteiger partial charge is 0.259 e. The molecule has 1 atom stereocenters. The first kappa shape index (κ1) is 18.1. The molecule has 0 fully saturated rings. The molecular formula is C23H25NO2. The van der Waals surface area contributed by atoms with Crippen molar-refractivity contribution in [3.63, 3.8) is 0 Å². The van der Waals surface area contributed by atoms with Crippen molar-refractivity contribution in [2.24, 2.45) is 5.92 Å². The van der Waals surface area contributed by atoms with E-state index < -0.39 is 5.41 Å². The number of nitro groups is 1. The number of allylic oxidation sites excluding steroid dienone is 3. The van der Waals surface area contributed by atoms with E-state index in [0.717, 1.165) is 23.1 Å². The summed E-state index contributed by atoms with van der Waals surface area (Å²) in [5.41, 5.74) is 4.19. The molecule has 0 N–H and O–H groups in total. The third-order valence-electron chi connectivity index (χ3n) is 5.59. The van der Waals surface area contributed by atoms with E-state index in [1.165, 1.54) is 5.57 Å². The fraction of sp³-hybridized carbons (Fsp3) is 0.304. The maximum Gasteiger partial charge on any atom is 0.253 e. The Morgan fingerprint density at radius 2 is 1.50 bits per heavy atom. The van der Waals surface area contributed by atoms with E-state index in [2.05, 4.69) is 44.2 Å². The van der Waals surface area contributed by atoms with Crippen LogP contribution >= 0.6 is 0 Å². The van der Waals surface area contributed by atoms with Gasteiger partial charge in [-0.2, -0.15) is 0 Å². The van der Waals surface area contributed by atoms with Gasteiger partial charge in [0.1, 0.15) is 0 Å².